The van der Waals surface area contributed by atoms with Gasteiger partial charge in [-0.2, -0.15) is 13.4 Å². The molecule has 1 saturated heterocycles. The monoisotopic (exact) mass is 301 g/mol. The van der Waals surface area contributed by atoms with E-state index in [0.717, 1.165) is 32.2 Å². The van der Waals surface area contributed by atoms with Gasteiger partial charge in [0.05, 0.1) is 20.0 Å². The van der Waals surface area contributed by atoms with E-state index in [1.54, 1.807) is 19.4 Å². The van der Waals surface area contributed by atoms with Crippen LogP contribution in [0.4, 0.5) is 5.95 Å². The minimum Gasteiger partial charge on any atom is -0.481 e. The Labute approximate surface area is 119 Å². The molecule has 0 N–H and O–H groups in total. The maximum absolute atomic E-state index is 11.0. The van der Waals surface area contributed by atoms with E-state index in [0.29, 0.717) is 11.8 Å². The lowest BCUT2D eigenvalue weighted by molar-refractivity contribution is 0.229. The quantitative estimate of drug-likeness (QED) is 0.740. The van der Waals surface area contributed by atoms with Gasteiger partial charge in [0.2, 0.25) is 11.8 Å². The average molecular weight is 301 g/mol. The van der Waals surface area contributed by atoms with Crippen LogP contribution in [0.15, 0.2) is 12.3 Å². The summed E-state index contributed by atoms with van der Waals surface area (Å²) >= 11 is 0. The Morgan fingerprint density at radius 2 is 2.10 bits per heavy atom. The Balaban J connectivity index is 1.87. The molecule has 8 heteroatoms. The fourth-order valence-electron chi connectivity index (χ4n) is 2.12. The third-order valence-electron chi connectivity index (χ3n) is 3.24. The van der Waals surface area contributed by atoms with Gasteiger partial charge in [-0.05, 0) is 18.8 Å². The number of nitrogens with zero attached hydrogens (tertiary/aromatic N) is 3. The fraction of sp³-hybridized carbons (Fsp3) is 0.667. The van der Waals surface area contributed by atoms with Crippen molar-refractivity contribution in [2.75, 3.05) is 38.0 Å². The van der Waals surface area contributed by atoms with E-state index >= 15 is 0 Å². The van der Waals surface area contributed by atoms with Crippen molar-refractivity contribution in [3.05, 3.63) is 12.3 Å². The van der Waals surface area contributed by atoms with Crippen molar-refractivity contribution in [3.8, 4) is 5.88 Å². The second-order valence-electron chi connectivity index (χ2n) is 4.82. The van der Waals surface area contributed by atoms with Crippen LogP contribution in [0, 0.1) is 5.92 Å². The van der Waals surface area contributed by atoms with Gasteiger partial charge in [0.1, 0.15) is 0 Å². The first-order chi connectivity index (χ1) is 9.48. The molecule has 20 heavy (non-hydrogen) atoms. The summed E-state index contributed by atoms with van der Waals surface area (Å²) in [5.74, 6) is 1.44. The molecular formula is C12H19N3O4S. The van der Waals surface area contributed by atoms with Gasteiger partial charge in [-0.3, -0.25) is 4.18 Å². The highest BCUT2D eigenvalue weighted by Crippen LogP contribution is 2.22. The number of anilines is 1. The van der Waals surface area contributed by atoms with E-state index in [4.69, 9.17) is 8.92 Å². The van der Waals surface area contributed by atoms with Gasteiger partial charge in [0, 0.05) is 25.4 Å². The smallest absolute Gasteiger partial charge is 0.264 e. The summed E-state index contributed by atoms with van der Waals surface area (Å²) in [7, 11) is -1.78. The van der Waals surface area contributed by atoms with Gasteiger partial charge in [-0.25, -0.2) is 4.98 Å². The molecule has 0 saturated carbocycles. The second-order valence-corrected chi connectivity index (χ2v) is 6.46. The zero-order valence-corrected chi connectivity index (χ0v) is 12.5. The molecule has 0 bridgehead atoms. The largest absolute Gasteiger partial charge is 0.481 e. The predicted octanol–water partition coefficient (Wildman–Crippen LogP) is 0.678. The highest BCUT2D eigenvalue weighted by molar-refractivity contribution is 7.85. The lowest BCUT2D eigenvalue weighted by Gasteiger charge is -2.31. The van der Waals surface area contributed by atoms with E-state index in [1.165, 1.54) is 0 Å². The average Bonchev–Trinajstić information content (AvgIpc) is 2.45. The summed E-state index contributed by atoms with van der Waals surface area (Å²) in [5.41, 5.74) is 0. The number of hydrogen-bond donors (Lipinski definition) is 0. The maximum atomic E-state index is 11.0. The van der Waals surface area contributed by atoms with Crippen LogP contribution in [-0.2, 0) is 14.3 Å². The van der Waals surface area contributed by atoms with Gasteiger partial charge in [0.15, 0.2) is 0 Å². The molecule has 0 atom stereocenters. The van der Waals surface area contributed by atoms with Crippen LogP contribution in [0.2, 0.25) is 0 Å². The predicted molar refractivity (Wildman–Crippen MR) is 74.3 cm³/mol. The molecule has 2 rings (SSSR count). The molecule has 1 aliphatic rings. The summed E-state index contributed by atoms with van der Waals surface area (Å²) in [6.07, 6.45) is 4.46. The van der Waals surface area contributed by atoms with E-state index in [2.05, 4.69) is 14.9 Å². The number of hydrogen-bond acceptors (Lipinski definition) is 7. The maximum Gasteiger partial charge on any atom is 0.264 e. The van der Waals surface area contributed by atoms with E-state index in [9.17, 15) is 8.42 Å². The van der Waals surface area contributed by atoms with Crippen molar-refractivity contribution >= 4 is 16.1 Å². The number of ether oxygens (including phenoxy) is 1. The Hall–Kier alpha value is -1.41. The second kappa shape index (κ2) is 6.36. The molecule has 7 nitrogen and oxygen atoms in total. The molecule has 0 aromatic carbocycles. The van der Waals surface area contributed by atoms with Crippen LogP contribution < -0.4 is 9.64 Å². The van der Waals surface area contributed by atoms with Crippen LogP contribution in [0.3, 0.4) is 0 Å². The first kappa shape index (κ1) is 15.0. The lowest BCUT2D eigenvalue weighted by Crippen LogP contribution is -2.36. The topological polar surface area (TPSA) is 81.6 Å². The molecule has 0 aliphatic carbocycles. The van der Waals surface area contributed by atoms with Crippen LogP contribution in [0.1, 0.15) is 12.8 Å². The molecule has 112 valence electrons. The Bertz CT molecular complexity index is 541. The minimum atomic E-state index is -3.35. The molecule has 0 radical (unpaired) electrons. The van der Waals surface area contributed by atoms with Crippen molar-refractivity contribution in [1.29, 1.82) is 0 Å². The van der Waals surface area contributed by atoms with E-state index in [1.807, 2.05) is 0 Å². The van der Waals surface area contributed by atoms with Crippen molar-refractivity contribution in [3.63, 3.8) is 0 Å². The SMILES string of the molecule is COc1ccnc(N2CCC(COS(C)(=O)=O)CC2)n1. The molecule has 2 heterocycles. The van der Waals surface area contributed by atoms with Crippen LogP contribution in [0.5, 0.6) is 5.88 Å². The van der Waals surface area contributed by atoms with Crippen LogP contribution in [0.25, 0.3) is 0 Å². The van der Waals surface area contributed by atoms with E-state index < -0.39 is 10.1 Å². The van der Waals surface area contributed by atoms with Gasteiger partial charge in [-0.1, -0.05) is 0 Å². The highest BCUT2D eigenvalue weighted by Gasteiger charge is 2.22. The first-order valence-electron chi connectivity index (χ1n) is 6.44. The van der Waals surface area contributed by atoms with Crippen molar-refractivity contribution in [2.24, 2.45) is 5.92 Å². The molecular weight excluding hydrogens is 282 g/mol. The summed E-state index contributed by atoms with van der Waals surface area (Å²) in [6.45, 7) is 1.82. The van der Waals surface area contributed by atoms with Crippen molar-refractivity contribution < 1.29 is 17.3 Å². The van der Waals surface area contributed by atoms with Crippen molar-refractivity contribution in [1.82, 2.24) is 9.97 Å². The molecule has 0 unspecified atom stereocenters. The summed E-state index contributed by atoms with van der Waals surface area (Å²) < 4.78 is 31.9. The Kier molecular flexibility index (Phi) is 4.77. The number of methoxy groups -OCH3 is 1. The fourth-order valence-corrected chi connectivity index (χ4v) is 2.56. The number of piperidine rings is 1. The highest BCUT2D eigenvalue weighted by atomic mass is 32.2. The van der Waals surface area contributed by atoms with Gasteiger partial charge in [-0.15, -0.1) is 0 Å². The Morgan fingerprint density at radius 1 is 1.40 bits per heavy atom. The first-order valence-corrected chi connectivity index (χ1v) is 8.26. The van der Waals surface area contributed by atoms with Gasteiger partial charge in [0.25, 0.3) is 10.1 Å². The zero-order valence-electron chi connectivity index (χ0n) is 11.7. The standard InChI is InChI=1S/C12H19N3O4S/c1-18-11-3-6-13-12(14-11)15-7-4-10(5-8-15)9-19-20(2,16)17/h3,6,10H,4-5,7-9H2,1-2H3. The van der Waals surface area contributed by atoms with E-state index in [-0.39, 0.29) is 12.5 Å². The molecule has 1 fully saturated rings. The molecule has 1 aromatic rings. The van der Waals surface area contributed by atoms with Crippen LogP contribution >= 0.6 is 0 Å². The zero-order chi connectivity index (χ0) is 14.6. The lowest BCUT2D eigenvalue weighted by atomic mass is 9.98. The van der Waals surface area contributed by atoms with Crippen molar-refractivity contribution in [2.45, 2.75) is 12.8 Å². The Morgan fingerprint density at radius 3 is 2.70 bits per heavy atom. The third kappa shape index (κ3) is 4.31. The molecule has 0 amide bonds. The van der Waals surface area contributed by atoms with Crippen LogP contribution in [-0.4, -0.2) is 51.4 Å². The third-order valence-corrected chi connectivity index (χ3v) is 3.81. The summed E-state index contributed by atoms with van der Waals surface area (Å²) in [5, 5.41) is 0. The molecule has 1 aromatic heterocycles. The minimum absolute atomic E-state index is 0.256. The van der Waals surface area contributed by atoms with Gasteiger partial charge < -0.3 is 9.64 Å². The number of aromatic nitrogens is 2. The van der Waals surface area contributed by atoms with Gasteiger partial charge >= 0.3 is 0 Å². The molecule has 0 spiro atoms. The summed E-state index contributed by atoms with van der Waals surface area (Å²) in [4.78, 5) is 10.6. The normalized spacial score (nSPS) is 17.2. The number of rotatable bonds is 5. The summed E-state index contributed by atoms with van der Waals surface area (Å²) in [6, 6.07) is 1.70. The molecule has 1 aliphatic heterocycles.